The highest BCUT2D eigenvalue weighted by molar-refractivity contribution is 7.90. The minimum Gasteiger partial charge on any atom is -0.303 e. The summed E-state index contributed by atoms with van der Waals surface area (Å²) in [6.45, 7) is 8.64. The fourth-order valence-corrected chi connectivity index (χ4v) is 3.17. The molecule has 0 aromatic heterocycles. The molecule has 1 aliphatic heterocycles. The summed E-state index contributed by atoms with van der Waals surface area (Å²) in [6, 6.07) is 0.551. The number of likely N-dealkylation sites (tertiary alicyclic amines) is 1. The summed E-state index contributed by atoms with van der Waals surface area (Å²) in [4.78, 5) is 4.74. The van der Waals surface area contributed by atoms with Crippen molar-refractivity contribution in [3.8, 4) is 0 Å². The molecule has 0 aromatic rings. The molecule has 0 amide bonds. The molecular formula is C13H28N2O2S. The van der Waals surface area contributed by atoms with Gasteiger partial charge in [-0.05, 0) is 38.9 Å². The lowest BCUT2D eigenvalue weighted by molar-refractivity contribution is 0.123. The van der Waals surface area contributed by atoms with Crippen molar-refractivity contribution in [3.63, 3.8) is 0 Å². The number of rotatable bonds is 6. The van der Waals surface area contributed by atoms with E-state index in [4.69, 9.17) is 0 Å². The zero-order chi connectivity index (χ0) is 13.8. The lowest BCUT2D eigenvalue weighted by Gasteiger charge is -2.37. The lowest BCUT2D eigenvalue weighted by Crippen LogP contribution is -2.45. The van der Waals surface area contributed by atoms with Gasteiger partial charge in [0.15, 0.2) is 0 Å². The molecule has 0 unspecified atom stereocenters. The summed E-state index contributed by atoms with van der Waals surface area (Å²) in [5.74, 6) is 1.000. The van der Waals surface area contributed by atoms with Crippen molar-refractivity contribution in [1.82, 2.24) is 9.80 Å². The zero-order valence-electron chi connectivity index (χ0n) is 12.2. The maximum absolute atomic E-state index is 11.2. The average Bonchev–Trinajstić information content (AvgIpc) is 2.25. The van der Waals surface area contributed by atoms with Crippen LogP contribution in [0.25, 0.3) is 0 Å². The first kappa shape index (κ1) is 15.9. The SMILES string of the molecule is CC(C)CN1CCC(N(C)CCS(C)(=O)=O)CC1. The molecule has 0 aromatic carbocycles. The van der Waals surface area contributed by atoms with Crippen molar-refractivity contribution in [2.24, 2.45) is 5.92 Å². The Balaban J connectivity index is 2.29. The minimum atomic E-state index is -2.84. The first-order valence-electron chi connectivity index (χ1n) is 6.88. The molecule has 1 rings (SSSR count). The van der Waals surface area contributed by atoms with Crippen LogP contribution in [0.5, 0.6) is 0 Å². The monoisotopic (exact) mass is 276 g/mol. The maximum atomic E-state index is 11.2. The Labute approximate surface area is 112 Å². The van der Waals surface area contributed by atoms with E-state index in [1.807, 2.05) is 7.05 Å². The van der Waals surface area contributed by atoms with Gasteiger partial charge in [-0.2, -0.15) is 0 Å². The molecule has 1 saturated heterocycles. The highest BCUT2D eigenvalue weighted by atomic mass is 32.2. The highest BCUT2D eigenvalue weighted by Crippen LogP contribution is 2.16. The Kier molecular flexibility index (Phi) is 6.08. The second-order valence-electron chi connectivity index (χ2n) is 6.04. The molecule has 1 fully saturated rings. The molecule has 108 valence electrons. The van der Waals surface area contributed by atoms with E-state index in [2.05, 4.69) is 23.6 Å². The molecule has 0 radical (unpaired) electrons. The summed E-state index contributed by atoms with van der Waals surface area (Å²) in [5, 5.41) is 0. The summed E-state index contributed by atoms with van der Waals surface area (Å²) >= 11 is 0. The quantitative estimate of drug-likeness (QED) is 0.728. The van der Waals surface area contributed by atoms with Crippen LogP contribution >= 0.6 is 0 Å². The first-order valence-corrected chi connectivity index (χ1v) is 8.94. The molecule has 0 saturated carbocycles. The highest BCUT2D eigenvalue weighted by Gasteiger charge is 2.23. The molecule has 1 heterocycles. The van der Waals surface area contributed by atoms with Gasteiger partial charge in [0, 0.05) is 25.4 Å². The second kappa shape index (κ2) is 6.87. The van der Waals surface area contributed by atoms with Crippen LogP contribution in [-0.2, 0) is 9.84 Å². The number of nitrogens with zero attached hydrogens (tertiary/aromatic N) is 2. The van der Waals surface area contributed by atoms with Gasteiger partial charge < -0.3 is 9.80 Å². The average molecular weight is 276 g/mol. The fraction of sp³-hybridized carbons (Fsp3) is 1.00. The molecule has 0 aliphatic carbocycles. The standard InChI is InChI=1S/C13H28N2O2S/c1-12(2)11-15-7-5-13(6-8-15)14(3)9-10-18(4,16)17/h12-13H,5-11H2,1-4H3. The largest absolute Gasteiger partial charge is 0.303 e. The van der Waals surface area contributed by atoms with E-state index < -0.39 is 9.84 Å². The third-order valence-corrected chi connectivity index (χ3v) is 4.54. The normalized spacial score (nSPS) is 19.9. The van der Waals surface area contributed by atoms with E-state index in [1.54, 1.807) is 0 Å². The molecule has 0 spiro atoms. The van der Waals surface area contributed by atoms with Gasteiger partial charge in [0.05, 0.1) is 5.75 Å². The maximum Gasteiger partial charge on any atom is 0.148 e. The summed E-state index contributed by atoms with van der Waals surface area (Å²) in [6.07, 6.45) is 3.63. The van der Waals surface area contributed by atoms with Crippen molar-refractivity contribution < 1.29 is 8.42 Å². The smallest absolute Gasteiger partial charge is 0.148 e. The Hall–Kier alpha value is -0.130. The topological polar surface area (TPSA) is 40.6 Å². The predicted molar refractivity (Wildman–Crippen MR) is 76.6 cm³/mol. The van der Waals surface area contributed by atoms with Crippen LogP contribution < -0.4 is 0 Å². The van der Waals surface area contributed by atoms with E-state index in [0.29, 0.717) is 12.6 Å². The van der Waals surface area contributed by atoms with Gasteiger partial charge >= 0.3 is 0 Å². The van der Waals surface area contributed by atoms with Crippen molar-refractivity contribution in [2.75, 3.05) is 45.2 Å². The Bertz CT molecular complexity index is 333. The number of sulfone groups is 1. The molecule has 0 N–H and O–H groups in total. The Morgan fingerprint density at radius 1 is 1.28 bits per heavy atom. The number of hydrogen-bond donors (Lipinski definition) is 0. The number of piperidine rings is 1. The molecule has 4 nitrogen and oxygen atoms in total. The first-order chi connectivity index (χ1) is 8.28. The fourth-order valence-electron chi connectivity index (χ4n) is 2.55. The Morgan fingerprint density at radius 3 is 2.28 bits per heavy atom. The van der Waals surface area contributed by atoms with Crippen molar-refractivity contribution in [1.29, 1.82) is 0 Å². The van der Waals surface area contributed by atoms with Gasteiger partial charge in [-0.3, -0.25) is 0 Å². The van der Waals surface area contributed by atoms with Gasteiger partial charge in [-0.1, -0.05) is 13.8 Å². The van der Waals surface area contributed by atoms with E-state index in [9.17, 15) is 8.42 Å². The van der Waals surface area contributed by atoms with Crippen LogP contribution in [0.15, 0.2) is 0 Å². The zero-order valence-corrected chi connectivity index (χ0v) is 13.0. The van der Waals surface area contributed by atoms with Crippen LogP contribution in [0.2, 0.25) is 0 Å². The van der Waals surface area contributed by atoms with Gasteiger partial charge in [-0.25, -0.2) is 8.42 Å². The molecule has 0 atom stereocenters. The van der Waals surface area contributed by atoms with Crippen molar-refractivity contribution in [2.45, 2.75) is 32.7 Å². The van der Waals surface area contributed by atoms with Crippen LogP contribution in [0.1, 0.15) is 26.7 Å². The third-order valence-electron chi connectivity index (χ3n) is 3.62. The van der Waals surface area contributed by atoms with Crippen molar-refractivity contribution in [3.05, 3.63) is 0 Å². The molecule has 0 bridgehead atoms. The second-order valence-corrected chi connectivity index (χ2v) is 8.30. The number of hydrogen-bond acceptors (Lipinski definition) is 4. The third kappa shape index (κ3) is 6.16. The van der Waals surface area contributed by atoms with E-state index in [0.717, 1.165) is 31.8 Å². The van der Waals surface area contributed by atoms with E-state index in [1.165, 1.54) is 12.8 Å². The van der Waals surface area contributed by atoms with E-state index >= 15 is 0 Å². The predicted octanol–water partition coefficient (Wildman–Crippen LogP) is 1.08. The van der Waals surface area contributed by atoms with Gasteiger partial charge in [0.1, 0.15) is 9.84 Å². The van der Waals surface area contributed by atoms with E-state index in [-0.39, 0.29) is 5.75 Å². The van der Waals surface area contributed by atoms with Crippen molar-refractivity contribution >= 4 is 9.84 Å². The van der Waals surface area contributed by atoms with Gasteiger partial charge in [0.2, 0.25) is 0 Å². The molecule has 5 heteroatoms. The van der Waals surface area contributed by atoms with Gasteiger partial charge in [-0.15, -0.1) is 0 Å². The van der Waals surface area contributed by atoms with Crippen LogP contribution in [0.3, 0.4) is 0 Å². The summed E-state index contributed by atoms with van der Waals surface area (Å²) in [7, 11) is -0.787. The summed E-state index contributed by atoms with van der Waals surface area (Å²) in [5.41, 5.74) is 0. The minimum absolute atomic E-state index is 0.274. The van der Waals surface area contributed by atoms with Gasteiger partial charge in [0.25, 0.3) is 0 Å². The molecule has 1 aliphatic rings. The lowest BCUT2D eigenvalue weighted by atomic mass is 10.0. The van der Waals surface area contributed by atoms with Crippen LogP contribution in [0, 0.1) is 5.92 Å². The molecule has 18 heavy (non-hydrogen) atoms. The molecular weight excluding hydrogens is 248 g/mol. The van der Waals surface area contributed by atoms with Crippen LogP contribution in [-0.4, -0.2) is 69.5 Å². The summed E-state index contributed by atoms with van der Waals surface area (Å²) < 4.78 is 22.3. The van der Waals surface area contributed by atoms with Crippen LogP contribution in [0.4, 0.5) is 0 Å². The Morgan fingerprint density at radius 2 is 1.83 bits per heavy atom.